The summed E-state index contributed by atoms with van der Waals surface area (Å²) in [5, 5.41) is 4.45. The van der Waals surface area contributed by atoms with Crippen molar-refractivity contribution < 1.29 is 0 Å². The van der Waals surface area contributed by atoms with Gasteiger partial charge in [0.05, 0.1) is 12.2 Å². The van der Waals surface area contributed by atoms with Crippen LogP contribution in [0, 0.1) is 0 Å². The van der Waals surface area contributed by atoms with E-state index in [1.54, 1.807) is 12.3 Å². The zero-order chi connectivity index (χ0) is 11.4. The second kappa shape index (κ2) is 5.19. The molecule has 0 unspecified atom stereocenters. The highest BCUT2D eigenvalue weighted by molar-refractivity contribution is 6.35. The topological polar surface area (TPSA) is 24.9 Å². The second-order valence-corrected chi connectivity index (χ2v) is 4.21. The first-order valence-corrected chi connectivity index (χ1v) is 5.59. The molecule has 0 saturated heterocycles. The van der Waals surface area contributed by atoms with Crippen molar-refractivity contribution in [2.45, 2.75) is 6.54 Å². The largest absolute Gasteiger partial charge is 0.379 e. The van der Waals surface area contributed by atoms with E-state index < -0.39 is 0 Å². The first kappa shape index (κ1) is 11.2. The van der Waals surface area contributed by atoms with Crippen LogP contribution in [0.5, 0.6) is 0 Å². The minimum Gasteiger partial charge on any atom is -0.379 e. The van der Waals surface area contributed by atoms with Gasteiger partial charge in [0.2, 0.25) is 0 Å². The molecule has 1 aromatic heterocycles. The first-order chi connectivity index (χ1) is 7.74. The van der Waals surface area contributed by atoms with Gasteiger partial charge in [-0.3, -0.25) is 4.98 Å². The molecule has 1 N–H and O–H groups in total. The van der Waals surface area contributed by atoms with Crippen LogP contribution in [-0.2, 0) is 6.54 Å². The van der Waals surface area contributed by atoms with Crippen molar-refractivity contribution in [2.24, 2.45) is 0 Å². The molecule has 0 fully saturated rings. The Morgan fingerprint density at radius 2 is 1.81 bits per heavy atom. The maximum atomic E-state index is 5.89. The Hall–Kier alpha value is -1.25. The SMILES string of the molecule is Clc1cc(Cl)cc(NCc2ccccn2)c1. The van der Waals surface area contributed by atoms with Crippen molar-refractivity contribution in [2.75, 3.05) is 5.32 Å². The number of rotatable bonds is 3. The lowest BCUT2D eigenvalue weighted by atomic mass is 10.3. The number of benzene rings is 1. The van der Waals surface area contributed by atoms with E-state index in [0.717, 1.165) is 11.4 Å². The van der Waals surface area contributed by atoms with Gasteiger partial charge in [0.15, 0.2) is 0 Å². The summed E-state index contributed by atoms with van der Waals surface area (Å²) in [4.78, 5) is 4.21. The van der Waals surface area contributed by atoms with Crippen molar-refractivity contribution in [3.63, 3.8) is 0 Å². The number of nitrogens with one attached hydrogen (secondary N) is 1. The lowest BCUT2D eigenvalue weighted by Gasteiger charge is -2.06. The van der Waals surface area contributed by atoms with E-state index >= 15 is 0 Å². The van der Waals surface area contributed by atoms with Crippen LogP contribution in [0.2, 0.25) is 10.0 Å². The number of pyridine rings is 1. The van der Waals surface area contributed by atoms with Gasteiger partial charge in [-0.1, -0.05) is 29.3 Å². The summed E-state index contributed by atoms with van der Waals surface area (Å²) in [7, 11) is 0. The quantitative estimate of drug-likeness (QED) is 0.894. The molecule has 2 rings (SSSR count). The molecule has 0 aliphatic rings. The lowest BCUT2D eigenvalue weighted by Crippen LogP contribution is -2.00. The zero-order valence-corrected chi connectivity index (χ0v) is 9.96. The van der Waals surface area contributed by atoms with Crippen LogP contribution in [0.25, 0.3) is 0 Å². The smallest absolute Gasteiger partial charge is 0.0594 e. The molecule has 4 heteroatoms. The second-order valence-electron chi connectivity index (χ2n) is 3.33. The molecule has 82 valence electrons. The van der Waals surface area contributed by atoms with Crippen molar-refractivity contribution in [1.29, 1.82) is 0 Å². The Bertz CT molecular complexity index is 451. The van der Waals surface area contributed by atoms with Crippen LogP contribution in [0.3, 0.4) is 0 Å². The minimum absolute atomic E-state index is 0.621. The molecular weight excluding hydrogens is 243 g/mol. The summed E-state index contributed by atoms with van der Waals surface area (Å²) in [5.41, 5.74) is 1.86. The van der Waals surface area contributed by atoms with Crippen molar-refractivity contribution >= 4 is 28.9 Å². The van der Waals surface area contributed by atoms with E-state index in [2.05, 4.69) is 10.3 Å². The van der Waals surface area contributed by atoms with Gasteiger partial charge in [0.1, 0.15) is 0 Å². The molecule has 0 aliphatic heterocycles. The number of hydrogen-bond donors (Lipinski definition) is 1. The van der Waals surface area contributed by atoms with Crippen LogP contribution in [0.15, 0.2) is 42.6 Å². The Kier molecular flexibility index (Phi) is 3.65. The highest BCUT2D eigenvalue weighted by Gasteiger charge is 1.98. The maximum Gasteiger partial charge on any atom is 0.0594 e. The Labute approximate surface area is 104 Å². The first-order valence-electron chi connectivity index (χ1n) is 4.84. The molecule has 0 bridgehead atoms. The number of halogens is 2. The molecular formula is C12H10Cl2N2. The van der Waals surface area contributed by atoms with Crippen molar-refractivity contribution in [1.82, 2.24) is 4.98 Å². The average Bonchev–Trinajstić information content (AvgIpc) is 2.27. The monoisotopic (exact) mass is 252 g/mol. The molecule has 0 saturated carbocycles. The summed E-state index contributed by atoms with van der Waals surface area (Å²) in [5.74, 6) is 0. The fourth-order valence-corrected chi connectivity index (χ4v) is 1.88. The molecule has 2 aromatic rings. The Morgan fingerprint density at radius 1 is 1.06 bits per heavy atom. The number of hydrogen-bond acceptors (Lipinski definition) is 2. The third-order valence-electron chi connectivity index (χ3n) is 2.06. The fourth-order valence-electron chi connectivity index (χ4n) is 1.35. The summed E-state index contributed by atoms with van der Waals surface area (Å²) >= 11 is 11.8. The third kappa shape index (κ3) is 3.12. The van der Waals surface area contributed by atoms with E-state index in [9.17, 15) is 0 Å². The molecule has 2 nitrogen and oxygen atoms in total. The minimum atomic E-state index is 0.621. The lowest BCUT2D eigenvalue weighted by molar-refractivity contribution is 1.05. The van der Waals surface area contributed by atoms with Gasteiger partial charge in [0.25, 0.3) is 0 Å². The van der Waals surface area contributed by atoms with Crippen LogP contribution in [-0.4, -0.2) is 4.98 Å². The van der Waals surface area contributed by atoms with Gasteiger partial charge in [-0.15, -0.1) is 0 Å². The van der Waals surface area contributed by atoms with Gasteiger partial charge in [-0.05, 0) is 30.3 Å². The van der Waals surface area contributed by atoms with Gasteiger partial charge < -0.3 is 5.32 Å². The molecule has 1 heterocycles. The molecule has 0 aliphatic carbocycles. The number of aromatic nitrogens is 1. The standard InChI is InChI=1S/C12H10Cl2N2/c13-9-5-10(14)7-12(6-9)16-8-11-3-1-2-4-15-11/h1-7,16H,8H2. The molecule has 16 heavy (non-hydrogen) atoms. The van der Waals surface area contributed by atoms with Crippen molar-refractivity contribution in [3.05, 3.63) is 58.3 Å². The summed E-state index contributed by atoms with van der Waals surface area (Å²) in [6, 6.07) is 11.2. The van der Waals surface area contributed by atoms with E-state index in [-0.39, 0.29) is 0 Å². The van der Waals surface area contributed by atoms with E-state index in [0.29, 0.717) is 16.6 Å². The molecule has 0 atom stereocenters. The number of nitrogens with zero attached hydrogens (tertiary/aromatic N) is 1. The van der Waals surface area contributed by atoms with Gasteiger partial charge in [-0.25, -0.2) is 0 Å². The predicted octanol–water partition coefficient (Wildman–Crippen LogP) is 4.00. The van der Waals surface area contributed by atoms with Gasteiger partial charge in [0, 0.05) is 21.9 Å². The molecule has 0 radical (unpaired) electrons. The Morgan fingerprint density at radius 3 is 2.44 bits per heavy atom. The zero-order valence-electron chi connectivity index (χ0n) is 8.45. The molecule has 0 spiro atoms. The van der Waals surface area contributed by atoms with E-state index in [4.69, 9.17) is 23.2 Å². The molecule has 1 aromatic carbocycles. The molecule has 0 amide bonds. The van der Waals surface area contributed by atoms with Crippen LogP contribution >= 0.6 is 23.2 Å². The maximum absolute atomic E-state index is 5.89. The van der Waals surface area contributed by atoms with E-state index in [1.807, 2.05) is 30.3 Å². The van der Waals surface area contributed by atoms with Crippen LogP contribution in [0.1, 0.15) is 5.69 Å². The normalized spacial score (nSPS) is 10.1. The summed E-state index contributed by atoms with van der Waals surface area (Å²) < 4.78 is 0. The fraction of sp³-hybridized carbons (Fsp3) is 0.0833. The number of anilines is 1. The van der Waals surface area contributed by atoms with Gasteiger partial charge in [-0.2, -0.15) is 0 Å². The van der Waals surface area contributed by atoms with E-state index in [1.165, 1.54) is 0 Å². The highest BCUT2D eigenvalue weighted by Crippen LogP contribution is 2.22. The average molecular weight is 253 g/mol. The summed E-state index contributed by atoms with van der Waals surface area (Å²) in [6.07, 6.45) is 1.77. The van der Waals surface area contributed by atoms with Gasteiger partial charge >= 0.3 is 0 Å². The summed E-state index contributed by atoms with van der Waals surface area (Å²) in [6.45, 7) is 0.650. The predicted molar refractivity (Wildman–Crippen MR) is 68.0 cm³/mol. The van der Waals surface area contributed by atoms with Crippen LogP contribution in [0.4, 0.5) is 5.69 Å². The Balaban J connectivity index is 2.05. The van der Waals surface area contributed by atoms with Crippen LogP contribution < -0.4 is 5.32 Å². The van der Waals surface area contributed by atoms with Crippen molar-refractivity contribution in [3.8, 4) is 0 Å². The highest BCUT2D eigenvalue weighted by atomic mass is 35.5. The third-order valence-corrected chi connectivity index (χ3v) is 2.50.